The number of carboxylic acids is 1. The van der Waals surface area contributed by atoms with Gasteiger partial charge in [-0.15, -0.1) is 11.3 Å². The summed E-state index contributed by atoms with van der Waals surface area (Å²) in [6, 6.07) is 13.2. The van der Waals surface area contributed by atoms with Crippen LogP contribution >= 0.6 is 11.3 Å². The first-order chi connectivity index (χ1) is 15.4. The number of nitrogens with zero attached hydrogens (tertiary/aromatic N) is 1. The summed E-state index contributed by atoms with van der Waals surface area (Å²) in [5.74, 6) is 5.47. The molecule has 1 aliphatic heterocycles. The van der Waals surface area contributed by atoms with Crippen LogP contribution in [-0.4, -0.2) is 45.7 Å². The van der Waals surface area contributed by atoms with Crippen molar-refractivity contribution in [2.45, 2.75) is 51.2 Å². The van der Waals surface area contributed by atoms with Gasteiger partial charge in [0.15, 0.2) is 0 Å². The number of carboxylic acid groups (broad SMARTS) is 1. The zero-order valence-corrected chi connectivity index (χ0v) is 19.1. The first kappa shape index (κ1) is 23.8. The fraction of sp³-hybridized carbons (Fsp3) is 0.385. The maximum Gasteiger partial charge on any atom is 0.345 e. The van der Waals surface area contributed by atoms with Crippen LogP contribution in [0.25, 0.3) is 0 Å². The molecule has 1 aromatic heterocycles. The lowest BCUT2D eigenvalue weighted by atomic mass is 9.99. The molecule has 1 saturated heterocycles. The molecule has 0 radical (unpaired) electrons. The standard InChI is InChI=1S/C26H29NO4S/c1-19(7-5-10-20-8-3-2-4-9-20)23(28)15-12-21-13-17-25(29)27(21)18-6-11-22-14-16-24(32-22)26(30)31/h2-4,8-9,12,14-16,19,21,23,28H,6-7,11,13,17-18H2,1H3,(H,30,31)/b15-12+/t19?,21-,23-/m0/s1. The average molecular weight is 452 g/mol. The first-order valence-corrected chi connectivity index (χ1v) is 11.8. The van der Waals surface area contributed by atoms with Gasteiger partial charge in [-0.2, -0.15) is 0 Å². The fourth-order valence-corrected chi connectivity index (χ4v) is 4.57. The molecular weight excluding hydrogens is 422 g/mol. The molecule has 32 heavy (non-hydrogen) atoms. The summed E-state index contributed by atoms with van der Waals surface area (Å²) < 4.78 is 0. The Morgan fingerprint density at radius 1 is 1.28 bits per heavy atom. The summed E-state index contributed by atoms with van der Waals surface area (Å²) >= 11 is 1.29. The van der Waals surface area contributed by atoms with E-state index in [1.807, 2.05) is 54.3 Å². The fourth-order valence-electron chi connectivity index (χ4n) is 3.69. The van der Waals surface area contributed by atoms with E-state index in [4.69, 9.17) is 5.11 Å². The SMILES string of the molecule is CC(CC#Cc1ccccc1)[C@@H](O)/C=C/[C@H]1CCC(=O)N1CCCc1ccc(C(=O)O)s1. The highest BCUT2D eigenvalue weighted by Gasteiger charge is 2.28. The smallest absolute Gasteiger partial charge is 0.345 e. The van der Waals surface area contributed by atoms with Gasteiger partial charge in [-0.3, -0.25) is 4.79 Å². The van der Waals surface area contributed by atoms with E-state index in [0.29, 0.717) is 24.3 Å². The van der Waals surface area contributed by atoms with Crippen molar-refractivity contribution in [3.8, 4) is 11.8 Å². The van der Waals surface area contributed by atoms with Crippen LogP contribution in [0.5, 0.6) is 0 Å². The molecule has 1 amide bonds. The highest BCUT2D eigenvalue weighted by atomic mass is 32.1. The van der Waals surface area contributed by atoms with Crippen LogP contribution in [0, 0.1) is 17.8 Å². The predicted molar refractivity (Wildman–Crippen MR) is 127 cm³/mol. The molecule has 168 valence electrons. The molecule has 0 saturated carbocycles. The highest BCUT2D eigenvalue weighted by molar-refractivity contribution is 7.13. The molecule has 6 heteroatoms. The Morgan fingerprint density at radius 2 is 2.06 bits per heavy atom. The Kier molecular flexibility index (Phi) is 8.66. The van der Waals surface area contributed by atoms with E-state index in [2.05, 4.69) is 11.8 Å². The van der Waals surface area contributed by atoms with Crippen LogP contribution in [0.3, 0.4) is 0 Å². The Balaban J connectivity index is 1.48. The van der Waals surface area contributed by atoms with Crippen LogP contribution in [-0.2, 0) is 11.2 Å². The van der Waals surface area contributed by atoms with E-state index < -0.39 is 12.1 Å². The van der Waals surface area contributed by atoms with Crippen molar-refractivity contribution in [2.24, 2.45) is 5.92 Å². The predicted octanol–water partition coefficient (Wildman–Crippen LogP) is 4.36. The lowest BCUT2D eigenvalue weighted by molar-refractivity contribution is -0.128. The molecular formula is C26H29NO4S. The Bertz CT molecular complexity index is 1000. The maximum atomic E-state index is 12.3. The van der Waals surface area contributed by atoms with E-state index in [0.717, 1.165) is 29.7 Å². The zero-order valence-electron chi connectivity index (χ0n) is 18.2. The number of aliphatic hydroxyl groups is 1. The number of thiophene rings is 1. The van der Waals surface area contributed by atoms with Gasteiger partial charge in [0.2, 0.25) is 5.91 Å². The second-order valence-electron chi connectivity index (χ2n) is 8.09. The molecule has 1 fully saturated rings. The maximum absolute atomic E-state index is 12.3. The number of rotatable bonds is 9. The van der Waals surface area contributed by atoms with Crippen molar-refractivity contribution >= 4 is 23.2 Å². The number of aliphatic hydroxyl groups excluding tert-OH is 1. The first-order valence-electron chi connectivity index (χ1n) is 11.0. The number of carbonyl (C=O) groups is 2. The largest absolute Gasteiger partial charge is 0.477 e. The normalized spacial score (nSPS) is 17.9. The number of carbonyl (C=O) groups excluding carboxylic acids is 1. The Morgan fingerprint density at radius 3 is 2.78 bits per heavy atom. The molecule has 0 aliphatic carbocycles. The van der Waals surface area contributed by atoms with E-state index in [9.17, 15) is 14.7 Å². The van der Waals surface area contributed by atoms with Gasteiger partial charge < -0.3 is 15.1 Å². The van der Waals surface area contributed by atoms with Crippen molar-refractivity contribution < 1.29 is 19.8 Å². The number of hydrogen-bond acceptors (Lipinski definition) is 4. The molecule has 5 nitrogen and oxygen atoms in total. The minimum absolute atomic E-state index is 0.00216. The van der Waals surface area contributed by atoms with E-state index >= 15 is 0 Å². The third-order valence-electron chi connectivity index (χ3n) is 5.61. The van der Waals surface area contributed by atoms with Gasteiger partial charge in [0.1, 0.15) is 4.88 Å². The van der Waals surface area contributed by atoms with Crippen molar-refractivity contribution in [3.63, 3.8) is 0 Å². The molecule has 2 aromatic rings. The number of benzene rings is 1. The number of amides is 1. The second kappa shape index (κ2) is 11.7. The number of likely N-dealkylation sites (tertiary alicyclic amines) is 1. The lowest BCUT2D eigenvalue weighted by Gasteiger charge is -2.23. The average Bonchev–Trinajstić information content (AvgIpc) is 3.40. The van der Waals surface area contributed by atoms with Gasteiger partial charge in [0.05, 0.1) is 12.1 Å². The van der Waals surface area contributed by atoms with Gasteiger partial charge in [0.25, 0.3) is 0 Å². The highest BCUT2D eigenvalue weighted by Crippen LogP contribution is 2.23. The second-order valence-corrected chi connectivity index (χ2v) is 9.26. The summed E-state index contributed by atoms with van der Waals surface area (Å²) in [4.78, 5) is 26.5. The Labute approximate surface area is 193 Å². The minimum atomic E-state index is -0.903. The summed E-state index contributed by atoms with van der Waals surface area (Å²) in [5, 5.41) is 19.5. The summed E-state index contributed by atoms with van der Waals surface area (Å²) in [6.07, 6.45) is 6.53. The molecule has 3 atom stereocenters. The third kappa shape index (κ3) is 6.81. The number of aryl methyl sites for hydroxylation is 1. The Hall–Kier alpha value is -2.88. The zero-order chi connectivity index (χ0) is 22.9. The van der Waals surface area contributed by atoms with Crippen molar-refractivity contribution in [1.82, 2.24) is 4.90 Å². The van der Waals surface area contributed by atoms with Gasteiger partial charge in [-0.05, 0) is 49.4 Å². The van der Waals surface area contributed by atoms with Crippen LogP contribution in [0.2, 0.25) is 0 Å². The van der Waals surface area contributed by atoms with E-state index in [1.54, 1.807) is 12.1 Å². The van der Waals surface area contributed by atoms with Crippen LogP contribution in [0.1, 0.15) is 52.7 Å². The van der Waals surface area contributed by atoms with Crippen LogP contribution in [0.4, 0.5) is 0 Å². The van der Waals surface area contributed by atoms with Gasteiger partial charge >= 0.3 is 5.97 Å². The van der Waals surface area contributed by atoms with E-state index in [-0.39, 0.29) is 17.9 Å². The molecule has 2 N–H and O–H groups in total. The molecule has 1 unspecified atom stereocenters. The molecule has 1 aromatic carbocycles. The molecule has 1 aliphatic rings. The quantitative estimate of drug-likeness (QED) is 0.439. The molecule has 0 bridgehead atoms. The van der Waals surface area contributed by atoms with Crippen molar-refractivity contribution in [3.05, 3.63) is 69.9 Å². The van der Waals surface area contributed by atoms with Gasteiger partial charge in [-0.25, -0.2) is 4.79 Å². The van der Waals surface area contributed by atoms with Gasteiger partial charge in [0, 0.05) is 29.8 Å². The third-order valence-corrected chi connectivity index (χ3v) is 6.75. The monoisotopic (exact) mass is 451 g/mol. The van der Waals surface area contributed by atoms with Crippen LogP contribution < -0.4 is 0 Å². The van der Waals surface area contributed by atoms with Crippen LogP contribution in [0.15, 0.2) is 54.6 Å². The number of aromatic carboxylic acids is 1. The molecule has 3 rings (SSSR count). The lowest BCUT2D eigenvalue weighted by Crippen LogP contribution is -2.33. The summed E-state index contributed by atoms with van der Waals surface area (Å²) in [7, 11) is 0. The van der Waals surface area contributed by atoms with Gasteiger partial charge in [-0.1, -0.05) is 49.1 Å². The number of hydrogen-bond donors (Lipinski definition) is 2. The minimum Gasteiger partial charge on any atom is -0.477 e. The molecule has 2 heterocycles. The van der Waals surface area contributed by atoms with E-state index in [1.165, 1.54) is 11.3 Å². The van der Waals surface area contributed by atoms with Crippen molar-refractivity contribution in [1.29, 1.82) is 0 Å². The molecule has 0 spiro atoms. The summed E-state index contributed by atoms with van der Waals surface area (Å²) in [6.45, 7) is 2.60. The topological polar surface area (TPSA) is 77.8 Å². The van der Waals surface area contributed by atoms with Crippen molar-refractivity contribution in [2.75, 3.05) is 6.54 Å². The summed E-state index contributed by atoms with van der Waals surface area (Å²) in [5.41, 5.74) is 0.964.